The molecule has 1 aliphatic heterocycles. The molecule has 10 heteroatoms. The van der Waals surface area contributed by atoms with Gasteiger partial charge >= 0.3 is 0 Å². The fourth-order valence-corrected chi connectivity index (χ4v) is 4.84. The molecule has 3 N–H and O–H groups in total. The molecule has 1 heterocycles. The second-order valence-electron chi connectivity index (χ2n) is 6.28. The number of rotatable bonds is 6. The number of hydrogen-bond acceptors (Lipinski definition) is 4. The summed E-state index contributed by atoms with van der Waals surface area (Å²) < 4.78 is 27.0. The van der Waals surface area contributed by atoms with Gasteiger partial charge in [-0.05, 0) is 30.5 Å². The third kappa shape index (κ3) is 5.45. The molecule has 1 aliphatic rings. The van der Waals surface area contributed by atoms with Gasteiger partial charge in [-0.2, -0.15) is 0 Å². The Kier molecular flexibility index (Phi) is 7.98. The second kappa shape index (κ2) is 8.88. The number of hydrogen-bond donors (Lipinski definition) is 2. The van der Waals surface area contributed by atoms with E-state index in [0.29, 0.717) is 19.6 Å². The Morgan fingerprint density at radius 3 is 2.48 bits per heavy atom. The van der Waals surface area contributed by atoms with Crippen LogP contribution in [0.4, 0.5) is 0 Å². The number of halogens is 3. The molecule has 1 saturated heterocycles. The van der Waals surface area contributed by atoms with Crippen molar-refractivity contribution < 1.29 is 13.2 Å². The first-order valence-corrected chi connectivity index (χ1v) is 9.84. The Balaban J connectivity index is 0.00000312. The average Bonchev–Trinajstić information content (AvgIpc) is 2.90. The van der Waals surface area contributed by atoms with Crippen molar-refractivity contribution in [3.8, 4) is 0 Å². The number of likely N-dealkylation sites (tertiary alicyclic amines) is 1. The van der Waals surface area contributed by atoms with Crippen molar-refractivity contribution in [3.05, 3.63) is 28.2 Å². The lowest BCUT2D eigenvalue weighted by Crippen LogP contribution is -2.36. The Labute approximate surface area is 164 Å². The number of benzene rings is 1. The van der Waals surface area contributed by atoms with Gasteiger partial charge in [0.25, 0.3) is 0 Å². The molecule has 1 amide bonds. The topological polar surface area (TPSA) is 92.5 Å². The van der Waals surface area contributed by atoms with Crippen LogP contribution < -0.4 is 10.5 Å². The number of nitrogens with two attached hydrogens (primary N) is 1. The molecule has 25 heavy (non-hydrogen) atoms. The maximum atomic E-state index is 12.3. The van der Waals surface area contributed by atoms with E-state index in [1.54, 1.807) is 11.0 Å². The van der Waals surface area contributed by atoms with Crippen molar-refractivity contribution in [2.24, 2.45) is 11.1 Å². The third-order valence-electron chi connectivity index (χ3n) is 4.22. The summed E-state index contributed by atoms with van der Waals surface area (Å²) in [6, 6.07) is 4.46. The van der Waals surface area contributed by atoms with Crippen LogP contribution in [0.15, 0.2) is 23.1 Å². The van der Waals surface area contributed by atoms with E-state index in [0.717, 1.165) is 6.42 Å². The molecular weight excluding hydrogens is 409 g/mol. The van der Waals surface area contributed by atoms with Crippen LogP contribution >= 0.6 is 35.6 Å². The lowest BCUT2D eigenvalue weighted by atomic mass is 9.90. The molecule has 2 rings (SSSR count). The Hall–Kier alpha value is -0.570. The van der Waals surface area contributed by atoms with E-state index in [2.05, 4.69) is 4.72 Å². The van der Waals surface area contributed by atoms with Crippen molar-refractivity contribution in [2.75, 3.05) is 26.2 Å². The van der Waals surface area contributed by atoms with Crippen LogP contribution in [0.3, 0.4) is 0 Å². The van der Waals surface area contributed by atoms with Crippen LogP contribution in [0.2, 0.25) is 10.0 Å². The van der Waals surface area contributed by atoms with E-state index in [4.69, 9.17) is 28.9 Å². The zero-order valence-corrected chi connectivity index (χ0v) is 16.9. The smallest absolute Gasteiger partial charge is 0.243 e. The molecule has 1 atom stereocenters. The van der Waals surface area contributed by atoms with Crippen LogP contribution in [0.5, 0.6) is 0 Å². The van der Waals surface area contributed by atoms with Crippen LogP contribution in [0, 0.1) is 5.41 Å². The SMILES string of the molecule is CC1(CN)CCN(C(=O)CCNS(=O)(=O)c2c(Cl)cccc2Cl)C1.Cl. The molecule has 1 aromatic carbocycles. The molecule has 0 radical (unpaired) electrons. The predicted octanol–water partition coefficient (Wildman–Crippen LogP) is 2.28. The molecule has 1 fully saturated rings. The zero-order valence-electron chi connectivity index (χ0n) is 13.8. The fourth-order valence-electron chi connectivity index (χ4n) is 2.67. The van der Waals surface area contributed by atoms with E-state index in [-0.39, 0.29) is 51.6 Å². The van der Waals surface area contributed by atoms with Crippen LogP contribution in [0.1, 0.15) is 19.8 Å². The van der Waals surface area contributed by atoms with E-state index < -0.39 is 10.0 Å². The highest BCUT2D eigenvalue weighted by Crippen LogP contribution is 2.30. The highest BCUT2D eigenvalue weighted by atomic mass is 35.5. The van der Waals surface area contributed by atoms with Crippen LogP contribution in [-0.4, -0.2) is 45.4 Å². The summed E-state index contributed by atoms with van der Waals surface area (Å²) in [7, 11) is -3.87. The summed E-state index contributed by atoms with van der Waals surface area (Å²) in [5.74, 6) is -0.0971. The predicted molar refractivity (Wildman–Crippen MR) is 102 cm³/mol. The van der Waals surface area contributed by atoms with E-state index in [1.807, 2.05) is 6.92 Å². The summed E-state index contributed by atoms with van der Waals surface area (Å²) in [4.78, 5) is 13.8. The van der Waals surface area contributed by atoms with Crippen molar-refractivity contribution in [1.29, 1.82) is 0 Å². The number of carbonyl (C=O) groups is 1. The molecule has 0 saturated carbocycles. The molecule has 1 unspecified atom stereocenters. The fraction of sp³-hybridized carbons (Fsp3) is 0.533. The van der Waals surface area contributed by atoms with Gasteiger partial charge in [-0.3, -0.25) is 4.79 Å². The van der Waals surface area contributed by atoms with Gasteiger partial charge in [-0.25, -0.2) is 13.1 Å². The Bertz CT molecular complexity index is 710. The van der Waals surface area contributed by atoms with Crippen LogP contribution in [-0.2, 0) is 14.8 Å². The second-order valence-corrected chi connectivity index (χ2v) is 8.80. The monoisotopic (exact) mass is 429 g/mol. The molecule has 0 bridgehead atoms. The highest BCUT2D eigenvalue weighted by molar-refractivity contribution is 7.89. The molecule has 0 aromatic heterocycles. The number of carbonyl (C=O) groups excluding carboxylic acids is 1. The van der Waals surface area contributed by atoms with Gasteiger partial charge in [0.05, 0.1) is 10.0 Å². The van der Waals surface area contributed by atoms with Crippen molar-refractivity contribution in [2.45, 2.75) is 24.7 Å². The molecule has 142 valence electrons. The minimum absolute atomic E-state index is 0. The van der Waals surface area contributed by atoms with Crippen molar-refractivity contribution >= 4 is 51.5 Å². The quantitative estimate of drug-likeness (QED) is 0.724. The van der Waals surface area contributed by atoms with Crippen molar-refractivity contribution in [3.63, 3.8) is 0 Å². The van der Waals surface area contributed by atoms with Crippen LogP contribution in [0.25, 0.3) is 0 Å². The summed E-state index contributed by atoms with van der Waals surface area (Å²) >= 11 is 11.8. The zero-order chi connectivity index (χ0) is 18.0. The highest BCUT2D eigenvalue weighted by Gasteiger charge is 2.34. The summed E-state index contributed by atoms with van der Waals surface area (Å²) in [6.45, 7) is 3.80. The van der Waals surface area contributed by atoms with E-state index in [9.17, 15) is 13.2 Å². The first-order valence-electron chi connectivity index (χ1n) is 7.60. The van der Waals surface area contributed by atoms with Gasteiger partial charge < -0.3 is 10.6 Å². The Morgan fingerprint density at radius 2 is 1.96 bits per heavy atom. The maximum absolute atomic E-state index is 12.3. The minimum atomic E-state index is -3.87. The average molecular weight is 431 g/mol. The van der Waals surface area contributed by atoms with Gasteiger partial charge in [0.15, 0.2) is 0 Å². The largest absolute Gasteiger partial charge is 0.342 e. The first-order chi connectivity index (χ1) is 11.2. The first kappa shape index (κ1) is 22.5. The summed E-state index contributed by atoms with van der Waals surface area (Å²) in [5.41, 5.74) is 5.67. The standard InChI is InChI=1S/C15H21Cl2N3O3S.ClH/c1-15(9-18)6-8-20(10-15)13(21)5-7-19-24(22,23)14-11(16)3-2-4-12(14)17;/h2-4,19H,5-10,18H2,1H3;1H. The van der Waals surface area contributed by atoms with Crippen molar-refractivity contribution in [1.82, 2.24) is 9.62 Å². The summed E-state index contributed by atoms with van der Waals surface area (Å²) in [6.07, 6.45) is 0.929. The number of nitrogens with one attached hydrogen (secondary N) is 1. The molecule has 0 spiro atoms. The Morgan fingerprint density at radius 1 is 1.36 bits per heavy atom. The number of nitrogens with zero attached hydrogens (tertiary/aromatic N) is 1. The number of sulfonamides is 1. The lowest BCUT2D eigenvalue weighted by molar-refractivity contribution is -0.130. The van der Waals surface area contributed by atoms with E-state index >= 15 is 0 Å². The van der Waals surface area contributed by atoms with Gasteiger partial charge in [0.2, 0.25) is 15.9 Å². The minimum Gasteiger partial charge on any atom is -0.342 e. The third-order valence-corrected chi connectivity index (χ3v) is 6.64. The molecule has 6 nitrogen and oxygen atoms in total. The normalized spacial score (nSPS) is 20.4. The van der Waals surface area contributed by atoms with Gasteiger partial charge in [-0.1, -0.05) is 36.2 Å². The van der Waals surface area contributed by atoms with E-state index in [1.165, 1.54) is 12.1 Å². The summed E-state index contributed by atoms with van der Waals surface area (Å²) in [5, 5.41) is 0.0826. The lowest BCUT2D eigenvalue weighted by Gasteiger charge is -2.22. The molecule has 0 aliphatic carbocycles. The molecular formula is C15H22Cl3N3O3S. The van der Waals surface area contributed by atoms with Gasteiger partial charge in [0, 0.05) is 26.1 Å². The number of amides is 1. The maximum Gasteiger partial charge on any atom is 0.243 e. The molecule has 1 aromatic rings. The van der Waals surface area contributed by atoms with Gasteiger partial charge in [-0.15, -0.1) is 12.4 Å². The van der Waals surface area contributed by atoms with Gasteiger partial charge in [0.1, 0.15) is 4.90 Å².